The van der Waals surface area contributed by atoms with Crippen LogP contribution in [-0.2, 0) is 16.4 Å². The molecule has 0 saturated heterocycles. The van der Waals surface area contributed by atoms with Gasteiger partial charge in [0.25, 0.3) is 0 Å². The van der Waals surface area contributed by atoms with Crippen molar-refractivity contribution in [2.24, 2.45) is 5.73 Å². The van der Waals surface area contributed by atoms with Crippen molar-refractivity contribution in [3.63, 3.8) is 0 Å². The number of phenols is 1. The van der Waals surface area contributed by atoms with Gasteiger partial charge in [0.2, 0.25) is 10.0 Å². The molecular weight excluding hydrogens is 411 g/mol. The number of nitrogens with two attached hydrogens (primary N) is 1. The van der Waals surface area contributed by atoms with Crippen LogP contribution in [0.1, 0.15) is 11.1 Å². The molecule has 27 heavy (non-hydrogen) atoms. The average Bonchev–Trinajstić information content (AvgIpc) is 2.55. The van der Waals surface area contributed by atoms with Gasteiger partial charge in [-0.15, -0.1) is 24.8 Å². The van der Waals surface area contributed by atoms with E-state index in [1.807, 2.05) is 43.3 Å². The van der Waals surface area contributed by atoms with Crippen LogP contribution in [0.4, 0.5) is 5.69 Å². The van der Waals surface area contributed by atoms with Crippen LogP contribution in [0, 0.1) is 5.41 Å². The predicted octanol–water partition coefficient (Wildman–Crippen LogP) is 2.11. The molecule has 0 unspecified atom stereocenters. The highest BCUT2D eigenvalue weighted by atomic mass is 35.5. The van der Waals surface area contributed by atoms with E-state index in [4.69, 9.17) is 11.1 Å². The van der Waals surface area contributed by atoms with Crippen molar-refractivity contribution in [1.29, 1.82) is 5.41 Å². The number of hydrogen-bond donors (Lipinski definition) is 4. The fraction of sp³-hybridized carbons (Fsp3) is 0.235. The summed E-state index contributed by atoms with van der Waals surface area (Å²) in [7, 11) is -0.000811. The van der Waals surface area contributed by atoms with Crippen molar-refractivity contribution in [1.82, 2.24) is 4.72 Å². The number of nitrogen functional groups attached to an aromatic ring is 1. The van der Waals surface area contributed by atoms with Gasteiger partial charge < -0.3 is 15.7 Å². The molecule has 0 fully saturated rings. The van der Waals surface area contributed by atoms with Crippen molar-refractivity contribution in [2.75, 3.05) is 25.5 Å². The first kappa shape index (κ1) is 25.0. The molecule has 0 radical (unpaired) electrons. The molecule has 5 N–H and O–H groups in total. The minimum atomic E-state index is -3.90. The number of halogens is 2. The number of phenolic OH excluding ortho intramolecular Hbond substituents is 1. The highest BCUT2D eigenvalue weighted by Gasteiger charge is 2.19. The third-order valence-electron chi connectivity index (χ3n) is 3.72. The van der Waals surface area contributed by atoms with Crippen molar-refractivity contribution in [2.45, 2.75) is 11.3 Å². The molecule has 0 bridgehead atoms. The first-order valence-corrected chi connectivity index (χ1v) is 9.12. The Labute approximate surface area is 172 Å². The Morgan fingerprint density at radius 3 is 2.26 bits per heavy atom. The van der Waals surface area contributed by atoms with Gasteiger partial charge >= 0.3 is 0 Å². The van der Waals surface area contributed by atoms with Gasteiger partial charge in [-0.25, -0.2) is 13.1 Å². The molecule has 0 amide bonds. The summed E-state index contributed by atoms with van der Waals surface area (Å²) in [5.74, 6) is -0.648. The quantitative estimate of drug-likeness (QED) is 0.392. The molecular formula is C17H24Cl2N4O3S. The van der Waals surface area contributed by atoms with Crippen LogP contribution in [0.25, 0.3) is 0 Å². The molecule has 150 valence electrons. The molecule has 0 aliphatic heterocycles. The summed E-state index contributed by atoms with van der Waals surface area (Å²) in [4.78, 5) is 1.69. The molecule has 0 aromatic heterocycles. The molecule has 7 nitrogen and oxygen atoms in total. The maximum absolute atomic E-state index is 12.4. The Morgan fingerprint density at radius 2 is 1.74 bits per heavy atom. The number of sulfonamides is 1. The lowest BCUT2D eigenvalue weighted by atomic mass is 10.1. The van der Waals surface area contributed by atoms with Gasteiger partial charge in [-0.2, -0.15) is 0 Å². The topological polar surface area (TPSA) is 120 Å². The van der Waals surface area contributed by atoms with E-state index >= 15 is 0 Å². The molecule has 0 aliphatic carbocycles. The van der Waals surface area contributed by atoms with Gasteiger partial charge in [0.05, 0.1) is 0 Å². The van der Waals surface area contributed by atoms with E-state index in [-0.39, 0.29) is 53.4 Å². The van der Waals surface area contributed by atoms with Gasteiger partial charge in [-0.05, 0) is 42.3 Å². The maximum atomic E-state index is 12.4. The summed E-state index contributed by atoms with van der Waals surface area (Å²) >= 11 is 0. The number of benzene rings is 2. The largest absolute Gasteiger partial charge is 0.507 e. The minimum absolute atomic E-state index is 0. The van der Waals surface area contributed by atoms with Crippen molar-refractivity contribution >= 4 is 46.4 Å². The highest BCUT2D eigenvalue weighted by molar-refractivity contribution is 7.89. The SMILES string of the molecule is CN(C)c1ccc(CCNS(=O)(=O)c2cc(C(=N)N)ccc2O)cc1.Cl.Cl. The second-order valence-corrected chi connectivity index (χ2v) is 7.54. The van der Waals surface area contributed by atoms with E-state index in [2.05, 4.69) is 4.72 Å². The third kappa shape index (κ3) is 6.59. The van der Waals surface area contributed by atoms with Gasteiger partial charge in [-0.1, -0.05) is 12.1 Å². The van der Waals surface area contributed by atoms with Gasteiger partial charge in [0.15, 0.2) is 0 Å². The zero-order valence-electron chi connectivity index (χ0n) is 15.0. The highest BCUT2D eigenvalue weighted by Crippen LogP contribution is 2.23. The third-order valence-corrected chi connectivity index (χ3v) is 5.21. The second kappa shape index (κ2) is 10.4. The zero-order valence-corrected chi connectivity index (χ0v) is 17.4. The first-order valence-electron chi connectivity index (χ1n) is 7.64. The Bertz CT molecular complexity index is 872. The van der Waals surface area contributed by atoms with E-state index in [1.165, 1.54) is 18.2 Å². The summed E-state index contributed by atoms with van der Waals surface area (Å²) in [6.07, 6.45) is 0.514. The molecule has 2 aromatic rings. The summed E-state index contributed by atoms with van der Waals surface area (Å²) in [5.41, 5.74) is 7.66. The number of hydrogen-bond acceptors (Lipinski definition) is 5. The Hall–Kier alpha value is -2.00. The monoisotopic (exact) mass is 434 g/mol. The van der Waals surface area contributed by atoms with E-state index in [0.29, 0.717) is 6.42 Å². The molecule has 0 spiro atoms. The standard InChI is InChI=1S/C17H22N4O3S.2ClH/c1-21(2)14-6-3-12(4-7-14)9-10-20-25(23,24)16-11-13(17(18)19)5-8-15(16)22;;/h3-8,11,20,22H,9-10H2,1-2H3,(H3,18,19);2*1H. The van der Waals surface area contributed by atoms with E-state index in [0.717, 1.165) is 11.3 Å². The van der Waals surface area contributed by atoms with Crippen LogP contribution in [-0.4, -0.2) is 40.0 Å². The molecule has 0 heterocycles. The number of nitrogens with one attached hydrogen (secondary N) is 2. The fourth-order valence-electron chi connectivity index (χ4n) is 2.27. The molecule has 2 aromatic carbocycles. The van der Waals surface area contributed by atoms with Gasteiger partial charge in [0.1, 0.15) is 16.5 Å². The summed E-state index contributed by atoms with van der Waals surface area (Å²) < 4.78 is 27.2. The number of rotatable bonds is 7. The molecule has 10 heteroatoms. The van der Waals surface area contributed by atoms with E-state index in [1.54, 1.807) is 0 Å². The van der Waals surface area contributed by atoms with E-state index < -0.39 is 10.0 Å². The lowest BCUT2D eigenvalue weighted by molar-refractivity contribution is 0.458. The Kier molecular flexibility index (Phi) is 9.60. The van der Waals surface area contributed by atoms with Crippen LogP contribution >= 0.6 is 24.8 Å². The first-order chi connectivity index (χ1) is 11.7. The summed E-state index contributed by atoms with van der Waals surface area (Å²) in [6.45, 7) is 0.188. The van der Waals surface area contributed by atoms with Crippen LogP contribution in [0.2, 0.25) is 0 Å². The van der Waals surface area contributed by atoms with Crippen LogP contribution in [0.5, 0.6) is 5.75 Å². The van der Waals surface area contributed by atoms with Crippen LogP contribution in [0.15, 0.2) is 47.4 Å². The lowest BCUT2D eigenvalue weighted by Gasteiger charge is -2.13. The minimum Gasteiger partial charge on any atom is -0.507 e. The smallest absolute Gasteiger partial charge is 0.244 e. The molecule has 0 aliphatic rings. The normalized spacial score (nSPS) is 10.4. The van der Waals surface area contributed by atoms with Crippen molar-refractivity contribution in [3.8, 4) is 5.75 Å². The number of amidine groups is 1. The summed E-state index contributed by atoms with van der Waals surface area (Å²) in [5, 5.41) is 17.2. The van der Waals surface area contributed by atoms with Crippen LogP contribution < -0.4 is 15.4 Å². The summed E-state index contributed by atoms with van der Waals surface area (Å²) in [6, 6.07) is 11.6. The van der Waals surface area contributed by atoms with Crippen LogP contribution in [0.3, 0.4) is 0 Å². The Balaban J connectivity index is 0.00000338. The van der Waals surface area contributed by atoms with Crippen molar-refractivity contribution in [3.05, 3.63) is 53.6 Å². The number of anilines is 1. The molecule has 0 atom stereocenters. The van der Waals surface area contributed by atoms with Crippen molar-refractivity contribution < 1.29 is 13.5 Å². The number of nitrogens with zero attached hydrogens (tertiary/aromatic N) is 1. The molecule has 0 saturated carbocycles. The average molecular weight is 435 g/mol. The van der Waals surface area contributed by atoms with Gasteiger partial charge in [0, 0.05) is 31.9 Å². The molecule has 2 rings (SSSR count). The predicted molar refractivity (Wildman–Crippen MR) is 113 cm³/mol. The maximum Gasteiger partial charge on any atom is 0.244 e. The zero-order chi connectivity index (χ0) is 18.6. The second-order valence-electron chi connectivity index (χ2n) is 5.80. The number of aromatic hydroxyl groups is 1. The van der Waals surface area contributed by atoms with E-state index in [9.17, 15) is 13.5 Å². The lowest BCUT2D eigenvalue weighted by Crippen LogP contribution is -2.26. The van der Waals surface area contributed by atoms with Gasteiger partial charge in [-0.3, -0.25) is 5.41 Å². The Morgan fingerprint density at radius 1 is 1.15 bits per heavy atom. The fourth-order valence-corrected chi connectivity index (χ4v) is 3.42.